The van der Waals surface area contributed by atoms with Crippen molar-refractivity contribution >= 4 is 0 Å². The van der Waals surface area contributed by atoms with E-state index in [4.69, 9.17) is 4.74 Å². The molecule has 1 aliphatic rings. The van der Waals surface area contributed by atoms with Gasteiger partial charge in [0.2, 0.25) is 0 Å². The summed E-state index contributed by atoms with van der Waals surface area (Å²) < 4.78 is 5.37. The van der Waals surface area contributed by atoms with Gasteiger partial charge in [-0.25, -0.2) is 0 Å². The van der Waals surface area contributed by atoms with Crippen LogP contribution < -0.4 is 5.32 Å². The number of allylic oxidation sites excluding steroid dienone is 1. The molecule has 1 aliphatic heterocycles. The third kappa shape index (κ3) is 4.41. The van der Waals surface area contributed by atoms with Gasteiger partial charge < -0.3 is 15.2 Å². The molecule has 0 aliphatic carbocycles. The van der Waals surface area contributed by atoms with E-state index in [0.717, 1.165) is 39.0 Å². The van der Waals surface area contributed by atoms with Crippen molar-refractivity contribution in [3.8, 4) is 0 Å². The molecule has 0 saturated carbocycles. The summed E-state index contributed by atoms with van der Waals surface area (Å²) in [6.07, 6.45) is 4.92. The Bertz CT molecular complexity index is 224. The average Bonchev–Trinajstić information content (AvgIpc) is 2.37. The quantitative estimate of drug-likeness (QED) is 0.670. The lowest BCUT2D eigenvalue weighted by atomic mass is 9.80. The molecular weight excluding hydrogens is 214 g/mol. The molecule has 1 saturated heterocycles. The molecule has 0 spiro atoms. The fraction of sp³-hybridized carbons (Fsp3) is 0.857. The van der Waals surface area contributed by atoms with Gasteiger partial charge in [-0.3, -0.25) is 0 Å². The molecule has 1 rings (SSSR count). The van der Waals surface area contributed by atoms with Gasteiger partial charge in [0, 0.05) is 31.2 Å². The number of aliphatic hydroxyl groups excluding tert-OH is 1. The van der Waals surface area contributed by atoms with Crippen LogP contribution in [0.2, 0.25) is 0 Å². The van der Waals surface area contributed by atoms with Crippen molar-refractivity contribution < 1.29 is 9.84 Å². The second kappa shape index (κ2) is 7.14. The Labute approximate surface area is 105 Å². The zero-order valence-electron chi connectivity index (χ0n) is 11.2. The van der Waals surface area contributed by atoms with E-state index in [1.54, 1.807) is 0 Å². The lowest BCUT2D eigenvalue weighted by molar-refractivity contribution is -0.0169. The highest BCUT2D eigenvalue weighted by Crippen LogP contribution is 2.29. The Morgan fingerprint density at radius 1 is 1.41 bits per heavy atom. The highest BCUT2D eigenvalue weighted by Gasteiger charge is 2.32. The van der Waals surface area contributed by atoms with Crippen LogP contribution in [0.1, 0.15) is 33.1 Å². The largest absolute Gasteiger partial charge is 0.396 e. The summed E-state index contributed by atoms with van der Waals surface area (Å²) in [5.41, 5.74) is 0.0282. The van der Waals surface area contributed by atoms with Crippen LogP contribution in [-0.2, 0) is 4.74 Å². The molecule has 3 nitrogen and oxygen atoms in total. The van der Waals surface area contributed by atoms with Crippen LogP contribution >= 0.6 is 0 Å². The maximum absolute atomic E-state index is 9.58. The molecule has 2 unspecified atom stereocenters. The maximum atomic E-state index is 9.58. The molecule has 0 amide bonds. The Morgan fingerprint density at radius 2 is 2.06 bits per heavy atom. The first-order valence-electron chi connectivity index (χ1n) is 6.66. The molecule has 2 atom stereocenters. The van der Waals surface area contributed by atoms with Crippen molar-refractivity contribution in [1.82, 2.24) is 5.32 Å². The van der Waals surface area contributed by atoms with Gasteiger partial charge in [0.25, 0.3) is 0 Å². The van der Waals surface area contributed by atoms with E-state index in [0.29, 0.717) is 12.0 Å². The number of hydrogen-bond donors (Lipinski definition) is 2. The minimum Gasteiger partial charge on any atom is -0.396 e. The second-order valence-electron chi connectivity index (χ2n) is 5.44. The molecule has 3 heteroatoms. The van der Waals surface area contributed by atoms with Crippen LogP contribution in [0, 0.1) is 11.3 Å². The topological polar surface area (TPSA) is 41.5 Å². The minimum atomic E-state index is 0.0282. The summed E-state index contributed by atoms with van der Waals surface area (Å²) in [6.45, 7) is 10.9. The van der Waals surface area contributed by atoms with E-state index >= 15 is 0 Å². The third-order valence-electron chi connectivity index (χ3n) is 4.08. The fourth-order valence-corrected chi connectivity index (χ4v) is 2.24. The molecule has 0 aromatic rings. The third-order valence-corrected chi connectivity index (χ3v) is 4.08. The number of aliphatic hydroxyl groups is 1. The van der Waals surface area contributed by atoms with E-state index in [9.17, 15) is 5.11 Å². The molecule has 0 aromatic heterocycles. The standard InChI is InChI=1S/C14H27NO2/c1-4-5-12(2)13(3)15-10-14(11-16)6-8-17-9-7-14/h4,12-13,15-16H,1,5-11H2,2-3H3. The zero-order valence-corrected chi connectivity index (χ0v) is 11.2. The highest BCUT2D eigenvalue weighted by atomic mass is 16.5. The molecule has 1 fully saturated rings. The number of rotatable bonds is 7. The Morgan fingerprint density at radius 3 is 2.59 bits per heavy atom. The first-order chi connectivity index (χ1) is 8.13. The lowest BCUT2D eigenvalue weighted by Gasteiger charge is -2.37. The average molecular weight is 241 g/mol. The van der Waals surface area contributed by atoms with Gasteiger partial charge in [0.05, 0.1) is 6.61 Å². The van der Waals surface area contributed by atoms with Crippen LogP contribution in [0.25, 0.3) is 0 Å². The lowest BCUT2D eigenvalue weighted by Crippen LogP contribution is -2.45. The van der Waals surface area contributed by atoms with Crippen molar-refractivity contribution in [1.29, 1.82) is 0 Å². The molecule has 1 heterocycles. The van der Waals surface area contributed by atoms with E-state index in [1.807, 2.05) is 6.08 Å². The SMILES string of the molecule is C=CCC(C)C(C)NCC1(CO)CCOCC1. The fourth-order valence-electron chi connectivity index (χ4n) is 2.24. The van der Waals surface area contributed by atoms with Crippen LogP contribution in [0.4, 0.5) is 0 Å². The molecule has 17 heavy (non-hydrogen) atoms. The summed E-state index contributed by atoms with van der Waals surface area (Å²) in [7, 11) is 0. The number of hydrogen-bond acceptors (Lipinski definition) is 3. The predicted molar refractivity (Wildman–Crippen MR) is 71.0 cm³/mol. The van der Waals surface area contributed by atoms with Crippen molar-refractivity contribution in [3.63, 3.8) is 0 Å². The van der Waals surface area contributed by atoms with Crippen LogP contribution in [0.3, 0.4) is 0 Å². The highest BCUT2D eigenvalue weighted by molar-refractivity contribution is 4.86. The second-order valence-corrected chi connectivity index (χ2v) is 5.44. The first kappa shape index (κ1) is 14.7. The van der Waals surface area contributed by atoms with Gasteiger partial charge in [0.15, 0.2) is 0 Å². The van der Waals surface area contributed by atoms with E-state index in [1.165, 1.54) is 0 Å². The van der Waals surface area contributed by atoms with Gasteiger partial charge in [0.1, 0.15) is 0 Å². The van der Waals surface area contributed by atoms with Gasteiger partial charge in [-0.1, -0.05) is 13.0 Å². The summed E-state index contributed by atoms with van der Waals surface area (Å²) in [4.78, 5) is 0. The van der Waals surface area contributed by atoms with Gasteiger partial charge in [-0.2, -0.15) is 0 Å². The van der Waals surface area contributed by atoms with Crippen LogP contribution in [0.15, 0.2) is 12.7 Å². The van der Waals surface area contributed by atoms with Crippen molar-refractivity contribution in [2.45, 2.75) is 39.2 Å². The Kier molecular flexibility index (Phi) is 6.17. The molecule has 0 radical (unpaired) electrons. The predicted octanol–water partition coefficient (Wildman–Crippen LogP) is 1.97. The van der Waals surface area contributed by atoms with Crippen molar-refractivity contribution in [3.05, 3.63) is 12.7 Å². The van der Waals surface area contributed by atoms with Crippen molar-refractivity contribution in [2.75, 3.05) is 26.4 Å². The Hall–Kier alpha value is -0.380. The first-order valence-corrected chi connectivity index (χ1v) is 6.66. The van der Waals surface area contributed by atoms with Crippen LogP contribution in [0.5, 0.6) is 0 Å². The van der Waals surface area contributed by atoms with E-state index in [-0.39, 0.29) is 12.0 Å². The van der Waals surface area contributed by atoms with Gasteiger partial charge in [-0.15, -0.1) is 6.58 Å². The van der Waals surface area contributed by atoms with Gasteiger partial charge >= 0.3 is 0 Å². The van der Waals surface area contributed by atoms with Gasteiger partial charge in [-0.05, 0) is 32.1 Å². The molecule has 100 valence electrons. The monoisotopic (exact) mass is 241 g/mol. The Balaban J connectivity index is 2.38. The number of ether oxygens (including phenoxy) is 1. The van der Waals surface area contributed by atoms with Crippen molar-refractivity contribution in [2.24, 2.45) is 11.3 Å². The summed E-state index contributed by atoms with van der Waals surface area (Å²) in [5, 5.41) is 13.1. The smallest absolute Gasteiger partial charge is 0.0501 e. The zero-order chi connectivity index (χ0) is 12.7. The molecular formula is C14H27NO2. The minimum absolute atomic E-state index is 0.0282. The molecule has 2 N–H and O–H groups in total. The van der Waals surface area contributed by atoms with E-state index in [2.05, 4.69) is 25.7 Å². The van der Waals surface area contributed by atoms with E-state index < -0.39 is 0 Å². The summed E-state index contributed by atoms with van der Waals surface area (Å²) in [5.74, 6) is 0.586. The maximum Gasteiger partial charge on any atom is 0.0501 e. The number of nitrogens with one attached hydrogen (secondary N) is 1. The summed E-state index contributed by atoms with van der Waals surface area (Å²) >= 11 is 0. The molecule has 0 bridgehead atoms. The van der Waals surface area contributed by atoms with Crippen LogP contribution in [-0.4, -0.2) is 37.5 Å². The normalized spacial score (nSPS) is 23.0. The summed E-state index contributed by atoms with van der Waals surface area (Å²) in [6, 6.07) is 0.458. The molecule has 0 aromatic carbocycles.